The molecule has 2 heterocycles. The molecule has 0 radical (unpaired) electrons. The number of aryl methyl sites for hydroxylation is 1. The highest BCUT2D eigenvalue weighted by atomic mass is 32.2. The van der Waals surface area contributed by atoms with Crippen molar-refractivity contribution in [2.24, 2.45) is 5.73 Å². The molecule has 0 amide bonds. The van der Waals surface area contributed by atoms with Gasteiger partial charge in [-0.1, -0.05) is 18.2 Å². The van der Waals surface area contributed by atoms with Crippen LogP contribution in [0.1, 0.15) is 44.9 Å². The van der Waals surface area contributed by atoms with Gasteiger partial charge in [0.05, 0.1) is 0 Å². The van der Waals surface area contributed by atoms with E-state index in [0.717, 1.165) is 36.7 Å². The largest absolute Gasteiger partial charge is 0.328 e. The normalized spacial score (nSPS) is 17.5. The first-order valence-corrected chi connectivity index (χ1v) is 7.56. The summed E-state index contributed by atoms with van der Waals surface area (Å²) in [6, 6.07) is 0.311. The molecule has 96 valence electrons. The number of hydrogen-bond donors (Lipinski definition) is 1. The van der Waals surface area contributed by atoms with Crippen LogP contribution in [0.2, 0.25) is 0 Å². The molecule has 1 aliphatic rings. The summed E-state index contributed by atoms with van der Waals surface area (Å²) in [5.74, 6) is 2.27. The average molecular weight is 254 g/mol. The number of hydrogen-bond acceptors (Lipinski definition) is 4. The summed E-state index contributed by atoms with van der Waals surface area (Å²) in [5.41, 5.74) is 5.74. The van der Waals surface area contributed by atoms with Crippen molar-refractivity contribution in [2.45, 2.75) is 63.2 Å². The van der Waals surface area contributed by atoms with Gasteiger partial charge in [0.25, 0.3) is 0 Å². The maximum absolute atomic E-state index is 5.74. The minimum absolute atomic E-state index is 0.311. The van der Waals surface area contributed by atoms with E-state index in [1.807, 2.05) is 11.8 Å². The number of thioether (sulfide) groups is 1. The third kappa shape index (κ3) is 3.71. The second-order valence-electron chi connectivity index (χ2n) is 4.83. The van der Waals surface area contributed by atoms with E-state index in [9.17, 15) is 0 Å². The maximum Gasteiger partial charge on any atom is 0.191 e. The highest BCUT2D eigenvalue weighted by Crippen LogP contribution is 2.22. The Bertz CT molecular complexity index is 348. The summed E-state index contributed by atoms with van der Waals surface area (Å²) >= 11 is 1.83. The molecule has 0 aliphatic carbocycles. The first kappa shape index (κ1) is 12.9. The van der Waals surface area contributed by atoms with Gasteiger partial charge in [0.1, 0.15) is 5.82 Å². The van der Waals surface area contributed by atoms with Crippen LogP contribution in [-0.2, 0) is 13.0 Å². The van der Waals surface area contributed by atoms with E-state index in [-0.39, 0.29) is 0 Å². The predicted octanol–water partition coefficient (Wildman–Crippen LogP) is 2.22. The third-order valence-corrected chi connectivity index (χ3v) is 4.16. The second-order valence-corrected chi connectivity index (χ2v) is 5.89. The van der Waals surface area contributed by atoms with Crippen molar-refractivity contribution in [1.29, 1.82) is 0 Å². The average Bonchev–Trinajstić information content (AvgIpc) is 2.54. The molecule has 0 bridgehead atoms. The van der Waals surface area contributed by atoms with E-state index in [2.05, 4.69) is 21.7 Å². The van der Waals surface area contributed by atoms with E-state index in [1.54, 1.807) is 0 Å². The fourth-order valence-electron chi connectivity index (χ4n) is 2.13. The molecule has 1 aromatic heterocycles. The van der Waals surface area contributed by atoms with E-state index in [0.29, 0.717) is 6.04 Å². The fraction of sp³-hybridized carbons (Fsp3) is 0.833. The first-order valence-electron chi connectivity index (χ1n) is 6.58. The molecule has 0 spiro atoms. The van der Waals surface area contributed by atoms with Crippen molar-refractivity contribution in [3.05, 3.63) is 5.82 Å². The van der Waals surface area contributed by atoms with Gasteiger partial charge in [-0.15, -0.1) is 10.2 Å². The molecule has 5 heteroatoms. The van der Waals surface area contributed by atoms with Gasteiger partial charge < -0.3 is 10.3 Å². The van der Waals surface area contributed by atoms with Crippen molar-refractivity contribution >= 4 is 11.8 Å². The SMILES string of the molecule is CC(N)CCCSc1nnc2n1CCCCC2. The molecular weight excluding hydrogens is 232 g/mol. The lowest BCUT2D eigenvalue weighted by Crippen LogP contribution is -2.14. The maximum atomic E-state index is 5.74. The number of fused-ring (bicyclic) bond motifs is 1. The molecule has 2 rings (SSSR count). The molecular formula is C12H22N4S. The summed E-state index contributed by atoms with van der Waals surface area (Å²) < 4.78 is 2.31. The van der Waals surface area contributed by atoms with E-state index in [1.165, 1.54) is 25.1 Å². The van der Waals surface area contributed by atoms with Gasteiger partial charge in [-0.25, -0.2) is 0 Å². The molecule has 0 aromatic carbocycles. The topological polar surface area (TPSA) is 56.7 Å². The van der Waals surface area contributed by atoms with Crippen molar-refractivity contribution < 1.29 is 0 Å². The summed E-state index contributed by atoms with van der Waals surface area (Å²) in [7, 11) is 0. The highest BCUT2D eigenvalue weighted by Gasteiger charge is 2.14. The Morgan fingerprint density at radius 3 is 3.06 bits per heavy atom. The number of aromatic nitrogens is 3. The minimum atomic E-state index is 0.311. The lowest BCUT2D eigenvalue weighted by atomic mass is 10.2. The van der Waals surface area contributed by atoms with Gasteiger partial charge in [-0.05, 0) is 32.6 Å². The molecule has 0 saturated carbocycles. The Balaban J connectivity index is 1.86. The molecule has 0 fully saturated rings. The molecule has 1 atom stereocenters. The number of nitrogens with zero attached hydrogens (tertiary/aromatic N) is 3. The smallest absolute Gasteiger partial charge is 0.191 e. The Morgan fingerprint density at radius 1 is 1.35 bits per heavy atom. The van der Waals surface area contributed by atoms with Crippen LogP contribution in [0.15, 0.2) is 5.16 Å². The summed E-state index contributed by atoms with van der Waals surface area (Å²) in [6.45, 7) is 3.16. The standard InChI is InChI=1S/C12H22N4S/c1-10(13)6-5-9-17-12-15-14-11-7-3-2-4-8-16(11)12/h10H,2-9,13H2,1H3. The van der Waals surface area contributed by atoms with E-state index < -0.39 is 0 Å². The van der Waals surface area contributed by atoms with Gasteiger partial charge in [0.2, 0.25) is 0 Å². The number of nitrogens with two attached hydrogens (primary N) is 1. The Morgan fingerprint density at radius 2 is 2.24 bits per heavy atom. The van der Waals surface area contributed by atoms with Crippen LogP contribution in [-0.4, -0.2) is 26.6 Å². The molecule has 0 saturated heterocycles. The molecule has 1 aliphatic heterocycles. The Kier molecular flexibility index (Phi) is 4.86. The molecule has 1 unspecified atom stereocenters. The summed E-state index contributed by atoms with van der Waals surface area (Å²) in [4.78, 5) is 0. The van der Waals surface area contributed by atoms with Gasteiger partial charge >= 0.3 is 0 Å². The summed E-state index contributed by atoms with van der Waals surface area (Å²) in [6.07, 6.45) is 7.18. The van der Waals surface area contributed by atoms with Gasteiger partial charge in [0.15, 0.2) is 5.16 Å². The van der Waals surface area contributed by atoms with Crippen LogP contribution < -0.4 is 5.73 Å². The van der Waals surface area contributed by atoms with Crippen molar-refractivity contribution in [3.8, 4) is 0 Å². The van der Waals surface area contributed by atoms with Crippen molar-refractivity contribution in [1.82, 2.24) is 14.8 Å². The first-order chi connectivity index (χ1) is 8.27. The number of rotatable bonds is 5. The zero-order chi connectivity index (χ0) is 12.1. The minimum Gasteiger partial charge on any atom is -0.328 e. The summed E-state index contributed by atoms with van der Waals surface area (Å²) in [5, 5.41) is 9.70. The molecule has 4 nitrogen and oxygen atoms in total. The molecule has 1 aromatic rings. The Hall–Kier alpha value is -0.550. The van der Waals surface area contributed by atoms with Gasteiger partial charge in [-0.3, -0.25) is 0 Å². The van der Waals surface area contributed by atoms with E-state index >= 15 is 0 Å². The predicted molar refractivity (Wildman–Crippen MR) is 71.2 cm³/mol. The quantitative estimate of drug-likeness (QED) is 0.646. The van der Waals surface area contributed by atoms with Gasteiger partial charge in [-0.2, -0.15) is 0 Å². The molecule has 17 heavy (non-hydrogen) atoms. The monoisotopic (exact) mass is 254 g/mol. The van der Waals surface area contributed by atoms with Gasteiger partial charge in [0, 0.05) is 24.8 Å². The van der Waals surface area contributed by atoms with Crippen molar-refractivity contribution in [2.75, 3.05) is 5.75 Å². The fourth-order valence-corrected chi connectivity index (χ4v) is 3.08. The third-order valence-electron chi connectivity index (χ3n) is 3.11. The second kappa shape index (κ2) is 6.40. The lowest BCUT2D eigenvalue weighted by Gasteiger charge is -2.07. The lowest BCUT2D eigenvalue weighted by molar-refractivity contribution is 0.590. The van der Waals surface area contributed by atoms with Crippen LogP contribution in [0.3, 0.4) is 0 Å². The van der Waals surface area contributed by atoms with Crippen molar-refractivity contribution in [3.63, 3.8) is 0 Å². The van der Waals surface area contributed by atoms with Crippen LogP contribution in [0.5, 0.6) is 0 Å². The highest BCUT2D eigenvalue weighted by molar-refractivity contribution is 7.99. The van der Waals surface area contributed by atoms with E-state index in [4.69, 9.17) is 5.73 Å². The van der Waals surface area contributed by atoms with Crippen LogP contribution in [0, 0.1) is 0 Å². The molecule has 2 N–H and O–H groups in total. The zero-order valence-corrected chi connectivity index (χ0v) is 11.4. The van der Waals surface area contributed by atoms with Crippen LogP contribution >= 0.6 is 11.8 Å². The zero-order valence-electron chi connectivity index (χ0n) is 10.6. The van der Waals surface area contributed by atoms with Crippen LogP contribution in [0.4, 0.5) is 0 Å². The van der Waals surface area contributed by atoms with Crippen LogP contribution in [0.25, 0.3) is 0 Å². The Labute approximate surface area is 107 Å².